The lowest BCUT2D eigenvalue weighted by Crippen LogP contribution is -2.31. The van der Waals surface area contributed by atoms with Crippen LogP contribution < -0.4 is 5.32 Å². The fourth-order valence-corrected chi connectivity index (χ4v) is 5.42. The maximum atomic E-state index is 9.50. The van der Waals surface area contributed by atoms with Crippen molar-refractivity contribution < 1.29 is 5.11 Å². The normalized spacial score (nSPS) is 18.2. The molecule has 1 aliphatic heterocycles. The van der Waals surface area contributed by atoms with Crippen LogP contribution >= 0.6 is 12.2 Å². The molecule has 168 valence electrons. The monoisotopic (exact) mass is 456 g/mol. The zero-order valence-electron chi connectivity index (χ0n) is 18.9. The number of nitrogens with one attached hydrogen (secondary N) is 1. The molecule has 0 unspecified atom stereocenters. The smallest absolute Gasteiger partial charge is 0.170 e. The van der Waals surface area contributed by atoms with Crippen molar-refractivity contribution in [3.05, 3.63) is 95.6 Å². The second-order valence-corrected chi connectivity index (χ2v) is 8.94. The summed E-state index contributed by atoms with van der Waals surface area (Å²) in [5.74, 6) is 0. The molecule has 5 nitrogen and oxygen atoms in total. The van der Waals surface area contributed by atoms with E-state index in [4.69, 9.17) is 12.2 Å². The van der Waals surface area contributed by atoms with Crippen LogP contribution in [0, 0.1) is 13.8 Å². The molecule has 0 spiro atoms. The van der Waals surface area contributed by atoms with E-state index in [0.717, 1.165) is 5.69 Å². The third-order valence-corrected chi connectivity index (χ3v) is 6.90. The summed E-state index contributed by atoms with van der Waals surface area (Å²) in [6.45, 7) is 5.17. The predicted molar refractivity (Wildman–Crippen MR) is 137 cm³/mol. The van der Waals surface area contributed by atoms with Crippen molar-refractivity contribution in [2.45, 2.75) is 32.4 Å². The third kappa shape index (κ3) is 3.79. The van der Waals surface area contributed by atoms with Crippen LogP contribution in [0.15, 0.2) is 72.9 Å². The molecule has 1 aliphatic rings. The van der Waals surface area contributed by atoms with Crippen molar-refractivity contribution in [2.24, 2.45) is 0 Å². The van der Waals surface area contributed by atoms with Gasteiger partial charge in [-0.1, -0.05) is 42.5 Å². The molecule has 4 aromatic rings. The molecule has 33 heavy (non-hydrogen) atoms. The van der Waals surface area contributed by atoms with Gasteiger partial charge in [-0.3, -0.25) is 4.98 Å². The second kappa shape index (κ2) is 8.96. The SMILES string of the molecule is Cc1cc([C@H]2[C@H](c3ccccn3)NC(=S)N2CCCO)c(C)n1-c1cccc2ccccc12. The van der Waals surface area contributed by atoms with E-state index in [1.807, 2.05) is 24.4 Å². The summed E-state index contributed by atoms with van der Waals surface area (Å²) in [6.07, 6.45) is 2.49. The number of hydrogen-bond donors (Lipinski definition) is 2. The van der Waals surface area contributed by atoms with Crippen molar-refractivity contribution >= 4 is 28.1 Å². The molecule has 1 saturated heterocycles. The summed E-state index contributed by atoms with van der Waals surface area (Å²) < 4.78 is 2.35. The van der Waals surface area contributed by atoms with Crippen LogP contribution in [0.1, 0.15) is 41.1 Å². The van der Waals surface area contributed by atoms with Crippen molar-refractivity contribution in [2.75, 3.05) is 13.2 Å². The van der Waals surface area contributed by atoms with Crippen molar-refractivity contribution in [1.29, 1.82) is 0 Å². The molecule has 0 bridgehead atoms. The molecule has 5 rings (SSSR count). The van der Waals surface area contributed by atoms with Crippen LogP contribution in [-0.4, -0.2) is 37.8 Å². The largest absolute Gasteiger partial charge is 0.396 e. The molecule has 3 heterocycles. The molecule has 2 aromatic heterocycles. The topological polar surface area (TPSA) is 53.3 Å². The van der Waals surface area contributed by atoms with Gasteiger partial charge in [0.25, 0.3) is 0 Å². The van der Waals surface area contributed by atoms with Gasteiger partial charge in [0.1, 0.15) is 0 Å². The van der Waals surface area contributed by atoms with Crippen LogP contribution in [-0.2, 0) is 0 Å². The number of nitrogens with zero attached hydrogens (tertiary/aromatic N) is 3. The van der Waals surface area contributed by atoms with E-state index in [9.17, 15) is 5.11 Å². The number of thiocarbonyl (C=S) groups is 1. The minimum atomic E-state index is -0.0566. The first kappa shape index (κ1) is 21.6. The average Bonchev–Trinajstić information content (AvgIpc) is 3.32. The first-order chi connectivity index (χ1) is 16.1. The minimum absolute atomic E-state index is 0.00567. The van der Waals surface area contributed by atoms with E-state index in [2.05, 4.69) is 82.1 Å². The van der Waals surface area contributed by atoms with Crippen LogP contribution in [0.2, 0.25) is 0 Å². The van der Waals surface area contributed by atoms with Gasteiger partial charge in [-0.2, -0.15) is 0 Å². The number of fused-ring (bicyclic) bond motifs is 1. The number of rotatable bonds is 6. The summed E-state index contributed by atoms with van der Waals surface area (Å²) in [5, 5.41) is 16.2. The number of aliphatic hydroxyl groups excluding tert-OH is 1. The Hall–Kier alpha value is -3.22. The molecule has 1 fully saturated rings. The number of pyridine rings is 1. The fourth-order valence-electron chi connectivity index (χ4n) is 5.09. The molecule has 0 saturated carbocycles. The first-order valence-corrected chi connectivity index (χ1v) is 11.8. The van der Waals surface area contributed by atoms with Gasteiger partial charge in [0.2, 0.25) is 0 Å². The van der Waals surface area contributed by atoms with Gasteiger partial charge in [0, 0.05) is 36.1 Å². The molecular weight excluding hydrogens is 428 g/mol. The quantitative estimate of drug-likeness (QED) is 0.400. The van der Waals surface area contributed by atoms with Crippen molar-refractivity contribution in [1.82, 2.24) is 19.8 Å². The van der Waals surface area contributed by atoms with Gasteiger partial charge in [-0.25, -0.2) is 0 Å². The Morgan fingerprint density at radius 1 is 1.03 bits per heavy atom. The third-order valence-electron chi connectivity index (χ3n) is 6.55. The summed E-state index contributed by atoms with van der Waals surface area (Å²) in [5.41, 5.74) is 5.74. The molecule has 2 N–H and O–H groups in total. The lowest BCUT2D eigenvalue weighted by Gasteiger charge is -2.28. The molecule has 2 aromatic carbocycles. The highest BCUT2D eigenvalue weighted by atomic mass is 32.1. The van der Waals surface area contributed by atoms with Crippen LogP contribution in [0.5, 0.6) is 0 Å². The van der Waals surface area contributed by atoms with Crippen LogP contribution in [0.4, 0.5) is 0 Å². The minimum Gasteiger partial charge on any atom is -0.396 e. The maximum absolute atomic E-state index is 9.50. The van der Waals surface area contributed by atoms with Crippen LogP contribution in [0.3, 0.4) is 0 Å². The number of aromatic nitrogens is 2. The average molecular weight is 457 g/mol. The molecule has 0 aliphatic carbocycles. The summed E-state index contributed by atoms with van der Waals surface area (Å²) in [7, 11) is 0. The van der Waals surface area contributed by atoms with Gasteiger partial charge in [-0.05, 0) is 67.7 Å². The highest BCUT2D eigenvalue weighted by Crippen LogP contribution is 2.41. The van der Waals surface area contributed by atoms with Gasteiger partial charge in [-0.15, -0.1) is 0 Å². The summed E-state index contributed by atoms with van der Waals surface area (Å²) in [6, 6.07) is 23.2. The predicted octanol–water partition coefficient (Wildman–Crippen LogP) is 5.00. The Morgan fingerprint density at radius 3 is 2.61 bits per heavy atom. The molecule has 0 radical (unpaired) electrons. The van der Waals surface area contributed by atoms with E-state index in [-0.39, 0.29) is 18.7 Å². The second-order valence-electron chi connectivity index (χ2n) is 8.56. The fraction of sp³-hybridized carbons (Fsp3) is 0.259. The van der Waals surface area contributed by atoms with Crippen LogP contribution in [0.25, 0.3) is 16.5 Å². The highest BCUT2D eigenvalue weighted by Gasteiger charge is 2.41. The molecular formula is C27H28N4OS. The molecule has 2 atom stereocenters. The van der Waals surface area contributed by atoms with Gasteiger partial charge < -0.3 is 19.9 Å². The Bertz CT molecular complexity index is 1290. The lowest BCUT2D eigenvalue weighted by molar-refractivity contribution is 0.247. The van der Waals surface area contributed by atoms with E-state index in [1.165, 1.54) is 33.4 Å². The standard InChI is InChI=1S/C27H28N4OS/c1-18-17-22(19(2)31(18)24-13-7-10-20-9-3-4-11-21(20)24)26-25(23-12-5-6-14-28-23)29-27(33)30(26)15-8-16-32/h3-7,9-14,17,25-26,32H,8,15-16H2,1-2H3,(H,29,33)/t25-,26-/m0/s1. The summed E-state index contributed by atoms with van der Waals surface area (Å²) >= 11 is 5.75. The Kier molecular flexibility index (Phi) is 5.87. The lowest BCUT2D eigenvalue weighted by atomic mass is 9.96. The maximum Gasteiger partial charge on any atom is 0.170 e. The van der Waals surface area contributed by atoms with Crippen molar-refractivity contribution in [3.8, 4) is 5.69 Å². The zero-order chi connectivity index (χ0) is 22.9. The van der Waals surface area contributed by atoms with E-state index in [1.54, 1.807) is 0 Å². The Labute approximate surface area is 199 Å². The van der Waals surface area contributed by atoms with Gasteiger partial charge in [0.05, 0.1) is 23.5 Å². The van der Waals surface area contributed by atoms with E-state index >= 15 is 0 Å². The number of aliphatic hydroxyl groups is 1. The molecule has 6 heteroatoms. The summed E-state index contributed by atoms with van der Waals surface area (Å²) in [4.78, 5) is 6.85. The number of benzene rings is 2. The van der Waals surface area contributed by atoms with Gasteiger partial charge >= 0.3 is 0 Å². The van der Waals surface area contributed by atoms with E-state index in [0.29, 0.717) is 18.1 Å². The van der Waals surface area contributed by atoms with E-state index < -0.39 is 0 Å². The zero-order valence-corrected chi connectivity index (χ0v) is 19.7. The highest BCUT2D eigenvalue weighted by molar-refractivity contribution is 7.80. The molecule has 0 amide bonds. The van der Waals surface area contributed by atoms with Crippen molar-refractivity contribution in [3.63, 3.8) is 0 Å². The first-order valence-electron chi connectivity index (χ1n) is 11.4. The van der Waals surface area contributed by atoms with Gasteiger partial charge in [0.15, 0.2) is 5.11 Å². The number of hydrogen-bond acceptors (Lipinski definition) is 3. The Balaban J connectivity index is 1.66. The Morgan fingerprint density at radius 2 is 1.82 bits per heavy atom. The number of aryl methyl sites for hydroxylation is 1.